The van der Waals surface area contributed by atoms with Crippen LogP contribution in [0.3, 0.4) is 0 Å². The van der Waals surface area contributed by atoms with E-state index < -0.39 is 0 Å². The van der Waals surface area contributed by atoms with Gasteiger partial charge in [0.15, 0.2) is 0 Å². The summed E-state index contributed by atoms with van der Waals surface area (Å²) in [5.41, 5.74) is 11.8. The highest BCUT2D eigenvalue weighted by atomic mass is 16.5. The van der Waals surface area contributed by atoms with Crippen LogP contribution in [0.4, 0.5) is 34.1 Å². The van der Waals surface area contributed by atoms with Gasteiger partial charge in [-0.2, -0.15) is 0 Å². The lowest BCUT2D eigenvalue weighted by atomic mass is 10.00. The molecule has 0 bridgehead atoms. The van der Waals surface area contributed by atoms with Crippen LogP contribution in [0.25, 0.3) is 0 Å². The van der Waals surface area contributed by atoms with Crippen molar-refractivity contribution in [1.29, 1.82) is 0 Å². The summed E-state index contributed by atoms with van der Waals surface area (Å²) < 4.78 is 11.7. The fraction of sp³-hybridized carbons (Fsp3) is 0.160. The molecule has 0 radical (unpaired) electrons. The topological polar surface area (TPSA) is 24.9 Å². The number of para-hydroxylation sites is 2. The van der Waals surface area contributed by atoms with Crippen molar-refractivity contribution in [3.63, 3.8) is 0 Å². The normalized spacial score (nSPS) is 10.9. The molecule has 270 valence electrons. The summed E-state index contributed by atoms with van der Waals surface area (Å²) in [6.07, 6.45) is 3.74. The van der Waals surface area contributed by atoms with Crippen molar-refractivity contribution in [2.24, 2.45) is 0 Å². The monoisotopic (exact) mass is 708 g/mol. The van der Waals surface area contributed by atoms with Crippen LogP contribution in [0, 0.1) is 0 Å². The predicted octanol–water partition coefficient (Wildman–Crippen LogP) is 13.4. The lowest BCUT2D eigenvalue weighted by Crippen LogP contribution is -2.10. The molecular weight excluding hydrogens is 661 g/mol. The Morgan fingerprint density at radius 2 is 0.574 bits per heavy atom. The maximum Gasteiger partial charge on any atom is 0.119 e. The summed E-state index contributed by atoms with van der Waals surface area (Å²) in [6, 6.07) is 64.7. The molecule has 0 fully saturated rings. The second-order valence-corrected chi connectivity index (χ2v) is 13.5. The molecule has 0 atom stereocenters. The molecule has 0 saturated heterocycles. The third-order valence-electron chi connectivity index (χ3n) is 9.39. The van der Waals surface area contributed by atoms with Gasteiger partial charge < -0.3 is 19.3 Å². The number of nitrogens with zero attached hydrogens (tertiary/aromatic N) is 2. The minimum absolute atomic E-state index is 0.723. The van der Waals surface area contributed by atoms with Crippen LogP contribution in [0.5, 0.6) is 11.5 Å². The van der Waals surface area contributed by atoms with E-state index in [-0.39, 0.29) is 0 Å². The van der Waals surface area contributed by atoms with Gasteiger partial charge >= 0.3 is 0 Å². The third kappa shape index (κ3) is 9.20. The lowest BCUT2D eigenvalue weighted by molar-refractivity contribution is 0.317. The molecule has 0 saturated carbocycles. The molecule has 7 aromatic carbocycles. The van der Waals surface area contributed by atoms with Crippen LogP contribution in [0.15, 0.2) is 182 Å². The largest absolute Gasteiger partial charge is 0.494 e. The molecule has 4 nitrogen and oxygen atoms in total. The Kier molecular flexibility index (Phi) is 12.0. The molecule has 0 N–H and O–H groups in total. The average Bonchev–Trinajstić information content (AvgIpc) is 3.23. The number of ether oxygens (including phenoxy) is 2. The van der Waals surface area contributed by atoms with Gasteiger partial charge in [0.25, 0.3) is 0 Å². The molecule has 0 amide bonds. The van der Waals surface area contributed by atoms with E-state index >= 15 is 0 Å². The van der Waals surface area contributed by atoms with Crippen molar-refractivity contribution in [2.75, 3.05) is 23.0 Å². The molecule has 0 aliphatic heterocycles. The van der Waals surface area contributed by atoms with E-state index in [4.69, 9.17) is 9.47 Å². The zero-order valence-corrected chi connectivity index (χ0v) is 31.3. The van der Waals surface area contributed by atoms with E-state index in [0.29, 0.717) is 0 Å². The van der Waals surface area contributed by atoms with E-state index in [1.165, 1.54) is 22.3 Å². The maximum atomic E-state index is 5.84. The van der Waals surface area contributed by atoms with E-state index in [2.05, 4.69) is 206 Å². The number of benzene rings is 7. The zero-order chi connectivity index (χ0) is 37.0. The third-order valence-corrected chi connectivity index (χ3v) is 9.39. The van der Waals surface area contributed by atoms with Crippen LogP contribution in [0.1, 0.15) is 48.9 Å². The first-order valence-corrected chi connectivity index (χ1v) is 19.1. The summed E-state index contributed by atoms with van der Waals surface area (Å²) in [4.78, 5) is 4.57. The number of rotatable bonds is 16. The van der Waals surface area contributed by atoms with Crippen molar-refractivity contribution in [2.45, 2.75) is 39.5 Å². The van der Waals surface area contributed by atoms with Gasteiger partial charge in [-0.15, -0.1) is 0 Å². The van der Waals surface area contributed by atoms with Gasteiger partial charge in [-0.1, -0.05) is 98.8 Å². The summed E-state index contributed by atoms with van der Waals surface area (Å²) in [7, 11) is 0. The van der Waals surface area contributed by atoms with Gasteiger partial charge in [0.1, 0.15) is 11.5 Å². The minimum atomic E-state index is 0.723. The molecule has 0 aliphatic carbocycles. The molecule has 0 aromatic heterocycles. The van der Waals surface area contributed by atoms with E-state index in [1.54, 1.807) is 0 Å². The van der Waals surface area contributed by atoms with Crippen LogP contribution >= 0.6 is 0 Å². The van der Waals surface area contributed by atoms with Crippen LogP contribution in [-0.2, 0) is 12.8 Å². The smallest absolute Gasteiger partial charge is 0.119 e. The molecule has 0 spiro atoms. The highest BCUT2D eigenvalue weighted by Crippen LogP contribution is 2.37. The zero-order valence-electron chi connectivity index (χ0n) is 31.3. The van der Waals surface area contributed by atoms with E-state index in [1.807, 2.05) is 0 Å². The fourth-order valence-electron chi connectivity index (χ4n) is 6.64. The summed E-state index contributed by atoms with van der Waals surface area (Å²) in [5.74, 6) is 1.80. The maximum absolute atomic E-state index is 5.84. The predicted molar refractivity (Wildman–Crippen MR) is 226 cm³/mol. The van der Waals surface area contributed by atoms with Crippen molar-refractivity contribution in [1.82, 2.24) is 0 Å². The fourth-order valence-corrected chi connectivity index (χ4v) is 6.64. The van der Waals surface area contributed by atoms with Gasteiger partial charge in [0, 0.05) is 34.1 Å². The molecule has 4 heteroatoms. The van der Waals surface area contributed by atoms with E-state index in [9.17, 15) is 0 Å². The molecule has 7 rings (SSSR count). The Morgan fingerprint density at radius 1 is 0.315 bits per heavy atom. The molecule has 7 aromatic rings. The Balaban J connectivity index is 1.01. The average molecular weight is 709 g/mol. The summed E-state index contributed by atoms with van der Waals surface area (Å²) in [6.45, 7) is 5.69. The summed E-state index contributed by atoms with van der Waals surface area (Å²) in [5, 5.41) is 0. The highest BCUT2D eigenvalue weighted by Gasteiger charge is 2.14. The van der Waals surface area contributed by atoms with Gasteiger partial charge in [0.2, 0.25) is 0 Å². The molecule has 0 aliphatic rings. The van der Waals surface area contributed by atoms with Crippen LogP contribution in [0.2, 0.25) is 0 Å². The first-order valence-electron chi connectivity index (χ1n) is 19.1. The van der Waals surface area contributed by atoms with Crippen LogP contribution < -0.4 is 19.3 Å². The molecule has 0 heterocycles. The highest BCUT2D eigenvalue weighted by molar-refractivity contribution is 5.78. The van der Waals surface area contributed by atoms with Crippen LogP contribution in [-0.4, -0.2) is 13.2 Å². The molecule has 0 unspecified atom stereocenters. The van der Waals surface area contributed by atoms with E-state index in [0.717, 1.165) is 84.5 Å². The van der Waals surface area contributed by atoms with Gasteiger partial charge in [-0.05, 0) is 145 Å². The number of anilines is 6. The van der Waals surface area contributed by atoms with Gasteiger partial charge in [-0.3, -0.25) is 0 Å². The second-order valence-electron chi connectivity index (χ2n) is 13.5. The van der Waals surface area contributed by atoms with Gasteiger partial charge in [-0.25, -0.2) is 0 Å². The lowest BCUT2D eigenvalue weighted by Gasteiger charge is -2.26. The Hall–Kier alpha value is -6.26. The quantitative estimate of drug-likeness (QED) is 0.0998. The number of hydrogen-bond acceptors (Lipinski definition) is 4. The second kappa shape index (κ2) is 18.0. The standard InChI is InChI=1S/C50H48N2O2/c1-3-35-53-49-31-27-47(28-32-49)51(43-11-7-5-8-12-43)45-23-19-41(20-24-45)37-39-15-17-40(18-16-39)38-42-21-25-46(26-22-42)52(44-13-9-6-10-14-44)48-29-33-50(34-30-48)54-36-4-2/h5-34H,3-4,35-38H2,1-2H3. The minimum Gasteiger partial charge on any atom is -0.494 e. The molecular formula is C50H48N2O2. The van der Waals surface area contributed by atoms with Crippen molar-refractivity contribution >= 4 is 34.1 Å². The Bertz CT molecular complexity index is 1990. The SMILES string of the molecule is CCCOc1ccc(N(c2ccccc2)c2ccc(Cc3ccc(Cc4ccc(N(c5ccccc5)c5ccc(OCCC)cc5)cc4)cc3)cc2)cc1. The number of hydrogen-bond donors (Lipinski definition) is 0. The summed E-state index contributed by atoms with van der Waals surface area (Å²) >= 11 is 0. The van der Waals surface area contributed by atoms with Gasteiger partial charge in [0.05, 0.1) is 13.2 Å². The Morgan fingerprint density at radius 3 is 0.870 bits per heavy atom. The first kappa shape index (κ1) is 36.1. The van der Waals surface area contributed by atoms with Crippen molar-refractivity contribution in [3.8, 4) is 11.5 Å². The first-order chi connectivity index (χ1) is 26.7. The molecule has 54 heavy (non-hydrogen) atoms. The Labute approximate surface area is 320 Å². The van der Waals surface area contributed by atoms with Crippen molar-refractivity contribution < 1.29 is 9.47 Å². The van der Waals surface area contributed by atoms with Crippen molar-refractivity contribution in [3.05, 3.63) is 204 Å².